The van der Waals surface area contributed by atoms with Crippen molar-refractivity contribution < 1.29 is 9.90 Å². The van der Waals surface area contributed by atoms with E-state index in [2.05, 4.69) is 9.97 Å². The minimum absolute atomic E-state index is 0. The van der Waals surface area contributed by atoms with Crippen LogP contribution < -0.4 is 0 Å². The topological polar surface area (TPSA) is 63.1 Å². The van der Waals surface area contributed by atoms with Gasteiger partial charge in [0.1, 0.15) is 16.6 Å². The molecule has 1 atom stereocenters. The van der Waals surface area contributed by atoms with Crippen molar-refractivity contribution in [2.45, 2.75) is 10.3 Å². The molecule has 0 saturated carbocycles. The Kier molecular flexibility index (Phi) is 5.61. The molecule has 0 aliphatic rings. The summed E-state index contributed by atoms with van der Waals surface area (Å²) >= 11 is 1.20. The molecule has 0 amide bonds. The van der Waals surface area contributed by atoms with Gasteiger partial charge in [0.25, 0.3) is 0 Å². The minimum atomic E-state index is -0.875. The van der Waals surface area contributed by atoms with Crippen molar-refractivity contribution in [3.05, 3.63) is 54.5 Å². The standard InChI is InChI=1S/C12H10N2O2S.ClH/c15-12(16)11(9-4-2-1-3-5-9)17-10-6-7-13-8-14-10;/h1-8,11H,(H,15,16);1H. The van der Waals surface area contributed by atoms with Crippen LogP contribution in [-0.2, 0) is 4.79 Å². The van der Waals surface area contributed by atoms with E-state index < -0.39 is 11.2 Å². The summed E-state index contributed by atoms with van der Waals surface area (Å²) in [6, 6.07) is 10.8. The van der Waals surface area contributed by atoms with E-state index in [-0.39, 0.29) is 12.4 Å². The van der Waals surface area contributed by atoms with Gasteiger partial charge in [0.15, 0.2) is 0 Å². The van der Waals surface area contributed by atoms with E-state index in [1.54, 1.807) is 24.4 Å². The lowest BCUT2D eigenvalue weighted by Crippen LogP contribution is -2.08. The summed E-state index contributed by atoms with van der Waals surface area (Å²) in [7, 11) is 0. The number of thioether (sulfide) groups is 1. The second kappa shape index (κ2) is 6.98. The fourth-order valence-electron chi connectivity index (χ4n) is 1.36. The molecule has 0 aliphatic carbocycles. The molecule has 2 rings (SSSR count). The molecule has 1 N–H and O–H groups in total. The smallest absolute Gasteiger partial charge is 0.321 e. The number of halogens is 1. The highest BCUT2D eigenvalue weighted by Crippen LogP contribution is 2.33. The number of carboxylic acid groups (broad SMARTS) is 1. The second-order valence-electron chi connectivity index (χ2n) is 3.29. The van der Waals surface area contributed by atoms with Crippen molar-refractivity contribution >= 4 is 30.1 Å². The Morgan fingerprint density at radius 3 is 2.50 bits per heavy atom. The van der Waals surface area contributed by atoms with Crippen LogP contribution in [0.3, 0.4) is 0 Å². The summed E-state index contributed by atoms with van der Waals surface area (Å²) < 4.78 is 0. The van der Waals surface area contributed by atoms with Crippen LogP contribution in [-0.4, -0.2) is 21.0 Å². The van der Waals surface area contributed by atoms with E-state index in [4.69, 9.17) is 0 Å². The number of benzene rings is 1. The molecule has 0 radical (unpaired) electrons. The summed E-state index contributed by atoms with van der Waals surface area (Å²) in [6.07, 6.45) is 3.01. The van der Waals surface area contributed by atoms with Crippen LogP contribution >= 0.6 is 24.2 Å². The van der Waals surface area contributed by atoms with Gasteiger partial charge >= 0.3 is 5.97 Å². The van der Waals surface area contributed by atoms with E-state index in [1.165, 1.54) is 18.1 Å². The summed E-state index contributed by atoms with van der Waals surface area (Å²) in [5.41, 5.74) is 0.753. The number of hydrogen-bond donors (Lipinski definition) is 1. The molecule has 2 aromatic rings. The molecular weight excluding hydrogens is 272 g/mol. The van der Waals surface area contributed by atoms with Gasteiger partial charge in [0.2, 0.25) is 0 Å². The average Bonchev–Trinajstić information content (AvgIpc) is 2.38. The molecule has 1 heterocycles. The highest BCUT2D eigenvalue weighted by Gasteiger charge is 2.21. The first-order chi connectivity index (χ1) is 8.27. The first-order valence-corrected chi connectivity index (χ1v) is 5.86. The lowest BCUT2D eigenvalue weighted by atomic mass is 10.1. The number of hydrogen-bond acceptors (Lipinski definition) is 4. The van der Waals surface area contributed by atoms with Gasteiger partial charge in [-0.1, -0.05) is 42.1 Å². The fourth-order valence-corrected chi connectivity index (χ4v) is 2.24. The van der Waals surface area contributed by atoms with Crippen molar-refractivity contribution in [2.75, 3.05) is 0 Å². The quantitative estimate of drug-likeness (QED) is 0.690. The van der Waals surface area contributed by atoms with Crippen LogP contribution in [0.15, 0.2) is 53.9 Å². The highest BCUT2D eigenvalue weighted by molar-refractivity contribution is 8.00. The monoisotopic (exact) mass is 282 g/mol. The zero-order valence-corrected chi connectivity index (χ0v) is 10.9. The molecule has 0 saturated heterocycles. The number of nitrogens with zero attached hydrogens (tertiary/aromatic N) is 2. The predicted molar refractivity (Wildman–Crippen MR) is 72.0 cm³/mol. The van der Waals surface area contributed by atoms with Crippen LogP contribution in [0.25, 0.3) is 0 Å². The van der Waals surface area contributed by atoms with Gasteiger partial charge in [-0.05, 0) is 11.6 Å². The SMILES string of the molecule is Cl.O=C(O)C(Sc1ccncn1)c1ccccc1. The molecule has 1 unspecified atom stereocenters. The van der Waals surface area contributed by atoms with Crippen LogP contribution in [0.2, 0.25) is 0 Å². The van der Waals surface area contributed by atoms with Crippen molar-refractivity contribution in [1.82, 2.24) is 9.97 Å². The molecule has 0 aliphatic heterocycles. The van der Waals surface area contributed by atoms with Gasteiger partial charge in [0.05, 0.1) is 0 Å². The predicted octanol–water partition coefficient (Wildman–Crippen LogP) is 2.82. The van der Waals surface area contributed by atoms with Gasteiger partial charge in [-0.2, -0.15) is 0 Å². The third kappa shape index (κ3) is 3.72. The van der Waals surface area contributed by atoms with Crippen molar-refractivity contribution in [1.29, 1.82) is 0 Å². The third-order valence-electron chi connectivity index (χ3n) is 2.12. The zero-order valence-electron chi connectivity index (χ0n) is 9.26. The van der Waals surface area contributed by atoms with E-state index in [0.717, 1.165) is 5.56 Å². The molecule has 94 valence electrons. The third-order valence-corrected chi connectivity index (χ3v) is 3.31. The first-order valence-electron chi connectivity index (χ1n) is 4.98. The van der Waals surface area contributed by atoms with Crippen molar-refractivity contribution in [3.8, 4) is 0 Å². The number of carbonyl (C=O) groups is 1. The Balaban J connectivity index is 0.00000162. The van der Waals surface area contributed by atoms with Crippen molar-refractivity contribution in [3.63, 3.8) is 0 Å². The maximum Gasteiger partial charge on any atom is 0.321 e. The van der Waals surface area contributed by atoms with Crippen molar-refractivity contribution in [2.24, 2.45) is 0 Å². The maximum absolute atomic E-state index is 11.2. The van der Waals surface area contributed by atoms with Gasteiger partial charge in [-0.25, -0.2) is 9.97 Å². The fraction of sp³-hybridized carbons (Fsp3) is 0.0833. The van der Waals surface area contributed by atoms with Crippen LogP contribution in [0.1, 0.15) is 10.8 Å². The Bertz CT molecular complexity index is 496. The molecule has 0 fully saturated rings. The first kappa shape index (κ1) is 14.5. The Morgan fingerprint density at radius 1 is 1.22 bits per heavy atom. The largest absolute Gasteiger partial charge is 0.480 e. The van der Waals surface area contributed by atoms with E-state index >= 15 is 0 Å². The van der Waals surface area contributed by atoms with Crippen LogP contribution in [0, 0.1) is 0 Å². The highest BCUT2D eigenvalue weighted by atomic mass is 35.5. The summed E-state index contributed by atoms with van der Waals surface area (Å²) in [5, 5.41) is 9.23. The van der Waals surface area contributed by atoms with Gasteiger partial charge in [-0.3, -0.25) is 4.79 Å². The van der Waals surface area contributed by atoms with E-state index in [9.17, 15) is 9.90 Å². The number of aromatic nitrogens is 2. The number of carboxylic acids is 1. The number of aliphatic carboxylic acids is 1. The van der Waals surface area contributed by atoms with E-state index in [1.807, 2.05) is 18.2 Å². The van der Waals surface area contributed by atoms with Crippen LogP contribution in [0.5, 0.6) is 0 Å². The molecule has 18 heavy (non-hydrogen) atoms. The molecule has 0 bridgehead atoms. The maximum atomic E-state index is 11.2. The Morgan fingerprint density at radius 2 is 1.94 bits per heavy atom. The van der Waals surface area contributed by atoms with Crippen LogP contribution in [0.4, 0.5) is 0 Å². The van der Waals surface area contributed by atoms with E-state index in [0.29, 0.717) is 5.03 Å². The molecular formula is C12H11ClN2O2S. The zero-order chi connectivity index (χ0) is 12.1. The average molecular weight is 283 g/mol. The van der Waals surface area contributed by atoms with Gasteiger partial charge in [-0.15, -0.1) is 12.4 Å². The Hall–Kier alpha value is -1.59. The lowest BCUT2D eigenvalue weighted by Gasteiger charge is -2.11. The normalized spacial score (nSPS) is 11.3. The number of rotatable bonds is 4. The molecule has 1 aromatic carbocycles. The summed E-state index contributed by atoms with van der Waals surface area (Å²) in [4.78, 5) is 19.1. The van der Waals surface area contributed by atoms with Gasteiger partial charge < -0.3 is 5.11 Å². The molecule has 6 heteroatoms. The summed E-state index contributed by atoms with van der Waals surface area (Å²) in [6.45, 7) is 0. The summed E-state index contributed by atoms with van der Waals surface area (Å²) in [5.74, 6) is -0.875. The molecule has 4 nitrogen and oxygen atoms in total. The lowest BCUT2D eigenvalue weighted by molar-refractivity contribution is -0.136. The second-order valence-corrected chi connectivity index (χ2v) is 4.42. The Labute approximate surface area is 115 Å². The minimum Gasteiger partial charge on any atom is -0.480 e. The molecule has 0 spiro atoms. The molecule has 1 aromatic heterocycles. The van der Waals surface area contributed by atoms with Gasteiger partial charge in [0, 0.05) is 6.20 Å².